The molecule has 29 heavy (non-hydrogen) atoms. The van der Waals surface area contributed by atoms with Crippen molar-refractivity contribution in [3.8, 4) is 5.75 Å². The second-order valence-corrected chi connectivity index (χ2v) is 7.17. The van der Waals surface area contributed by atoms with E-state index in [0.717, 1.165) is 42.8 Å². The van der Waals surface area contributed by atoms with Crippen LogP contribution in [-0.2, 0) is 12.8 Å². The first-order chi connectivity index (χ1) is 14.2. The lowest BCUT2D eigenvalue weighted by Gasteiger charge is -2.31. The van der Waals surface area contributed by atoms with Crippen molar-refractivity contribution in [1.29, 1.82) is 0 Å². The molecule has 0 radical (unpaired) electrons. The van der Waals surface area contributed by atoms with Gasteiger partial charge in [0.05, 0.1) is 24.6 Å². The number of ether oxygens (including phenoxy) is 1. The zero-order valence-electron chi connectivity index (χ0n) is 16.6. The predicted molar refractivity (Wildman–Crippen MR) is 115 cm³/mol. The highest BCUT2D eigenvalue weighted by Gasteiger charge is 2.19. The average molecular weight is 387 g/mol. The minimum Gasteiger partial charge on any atom is -0.497 e. The summed E-state index contributed by atoms with van der Waals surface area (Å²) in [5, 5.41) is 3.00. The molecule has 0 saturated carbocycles. The van der Waals surface area contributed by atoms with Crippen molar-refractivity contribution < 1.29 is 9.53 Å². The lowest BCUT2D eigenvalue weighted by Crippen LogP contribution is -2.27. The number of fused-ring (bicyclic) bond motifs is 1. The Bertz CT molecular complexity index is 985. The molecule has 4 rings (SSSR count). The summed E-state index contributed by atoms with van der Waals surface area (Å²) in [7, 11) is 1.65. The van der Waals surface area contributed by atoms with Gasteiger partial charge < -0.3 is 15.0 Å². The standard InChI is InChI=1S/C24H25N3O2/c1-29-22-10-8-18(9-11-22)12-13-26-24(28)20-15-21(17-25-16-20)27-14-4-6-19-5-2-3-7-23(19)27/h2-3,5,7-11,15-17H,4,6,12-14H2,1H3,(H,26,28). The summed E-state index contributed by atoms with van der Waals surface area (Å²) in [4.78, 5) is 19.2. The zero-order valence-corrected chi connectivity index (χ0v) is 16.6. The Morgan fingerprint density at radius 3 is 2.79 bits per heavy atom. The highest BCUT2D eigenvalue weighted by atomic mass is 16.5. The van der Waals surface area contributed by atoms with E-state index in [4.69, 9.17) is 4.74 Å². The first kappa shape index (κ1) is 19.0. The lowest BCUT2D eigenvalue weighted by atomic mass is 10.0. The number of carbonyl (C=O) groups is 1. The van der Waals surface area contributed by atoms with Crippen molar-refractivity contribution in [2.45, 2.75) is 19.3 Å². The maximum absolute atomic E-state index is 12.6. The van der Waals surface area contributed by atoms with Gasteiger partial charge in [-0.25, -0.2) is 0 Å². The van der Waals surface area contributed by atoms with Gasteiger partial charge in [0.25, 0.3) is 5.91 Å². The number of pyridine rings is 1. The average Bonchev–Trinajstić information content (AvgIpc) is 2.79. The third kappa shape index (κ3) is 4.40. The maximum Gasteiger partial charge on any atom is 0.252 e. The first-order valence-corrected chi connectivity index (χ1v) is 9.96. The Morgan fingerprint density at radius 1 is 1.14 bits per heavy atom. The summed E-state index contributed by atoms with van der Waals surface area (Å²) in [5.41, 5.74) is 5.24. The lowest BCUT2D eigenvalue weighted by molar-refractivity contribution is 0.0954. The normalized spacial score (nSPS) is 12.9. The number of para-hydroxylation sites is 1. The molecule has 0 saturated heterocycles. The monoisotopic (exact) mass is 387 g/mol. The van der Waals surface area contributed by atoms with Crippen LogP contribution in [0.15, 0.2) is 67.0 Å². The van der Waals surface area contributed by atoms with Gasteiger partial charge in [-0.1, -0.05) is 30.3 Å². The Morgan fingerprint density at radius 2 is 1.97 bits per heavy atom. The second kappa shape index (κ2) is 8.78. The molecule has 5 heteroatoms. The van der Waals surface area contributed by atoms with Gasteiger partial charge in [-0.15, -0.1) is 0 Å². The minimum absolute atomic E-state index is 0.0989. The molecule has 1 aliphatic heterocycles. The third-order valence-corrected chi connectivity index (χ3v) is 5.27. The molecule has 0 unspecified atom stereocenters. The van der Waals surface area contributed by atoms with Crippen LogP contribution in [0.4, 0.5) is 11.4 Å². The van der Waals surface area contributed by atoms with Crippen LogP contribution in [0.25, 0.3) is 0 Å². The molecular weight excluding hydrogens is 362 g/mol. The van der Waals surface area contributed by atoms with Crippen LogP contribution in [0, 0.1) is 0 Å². The molecule has 1 N–H and O–H groups in total. The van der Waals surface area contributed by atoms with Gasteiger partial charge in [0, 0.05) is 25.0 Å². The van der Waals surface area contributed by atoms with Crippen LogP contribution in [0.1, 0.15) is 27.9 Å². The molecule has 2 aromatic carbocycles. The predicted octanol–water partition coefficient (Wildman–Crippen LogP) is 4.15. The summed E-state index contributed by atoms with van der Waals surface area (Å²) in [6.45, 7) is 1.50. The van der Waals surface area contributed by atoms with E-state index < -0.39 is 0 Å². The molecule has 1 aromatic heterocycles. The fourth-order valence-corrected chi connectivity index (χ4v) is 3.72. The number of amides is 1. The van der Waals surface area contributed by atoms with E-state index in [1.54, 1.807) is 13.3 Å². The Hall–Kier alpha value is -3.34. The van der Waals surface area contributed by atoms with Gasteiger partial charge in [-0.3, -0.25) is 9.78 Å². The molecule has 3 aromatic rings. The first-order valence-electron chi connectivity index (χ1n) is 9.96. The molecule has 0 aliphatic carbocycles. The molecular formula is C24H25N3O2. The van der Waals surface area contributed by atoms with Crippen molar-refractivity contribution in [3.63, 3.8) is 0 Å². The smallest absolute Gasteiger partial charge is 0.252 e. The molecule has 0 fully saturated rings. The van der Waals surface area contributed by atoms with Crippen molar-refractivity contribution in [2.75, 3.05) is 25.1 Å². The minimum atomic E-state index is -0.0989. The molecule has 2 heterocycles. The van der Waals surface area contributed by atoms with E-state index in [-0.39, 0.29) is 5.91 Å². The zero-order chi connectivity index (χ0) is 20.1. The molecule has 1 amide bonds. The fraction of sp³-hybridized carbons (Fsp3) is 0.250. The Kier molecular flexibility index (Phi) is 5.75. The number of methoxy groups -OCH3 is 1. The molecule has 1 aliphatic rings. The molecule has 0 bridgehead atoms. The van der Waals surface area contributed by atoms with E-state index in [0.29, 0.717) is 12.1 Å². The molecule has 5 nitrogen and oxygen atoms in total. The van der Waals surface area contributed by atoms with Crippen molar-refractivity contribution in [2.24, 2.45) is 0 Å². The summed E-state index contributed by atoms with van der Waals surface area (Å²) >= 11 is 0. The maximum atomic E-state index is 12.6. The van der Waals surface area contributed by atoms with Crippen LogP contribution >= 0.6 is 0 Å². The van der Waals surface area contributed by atoms with E-state index >= 15 is 0 Å². The van der Waals surface area contributed by atoms with Crippen molar-refractivity contribution in [1.82, 2.24) is 10.3 Å². The number of nitrogens with zero attached hydrogens (tertiary/aromatic N) is 2. The number of aryl methyl sites for hydroxylation is 1. The van der Waals surface area contributed by atoms with Crippen molar-refractivity contribution >= 4 is 17.3 Å². The number of carbonyl (C=O) groups excluding carboxylic acids is 1. The van der Waals surface area contributed by atoms with Gasteiger partial charge >= 0.3 is 0 Å². The summed E-state index contributed by atoms with van der Waals surface area (Å²) in [5.74, 6) is 0.734. The second-order valence-electron chi connectivity index (χ2n) is 7.17. The highest BCUT2D eigenvalue weighted by Crippen LogP contribution is 2.33. The van der Waals surface area contributed by atoms with Crippen LogP contribution < -0.4 is 15.0 Å². The SMILES string of the molecule is COc1ccc(CCNC(=O)c2cncc(N3CCCc4ccccc43)c2)cc1. The number of nitrogens with one attached hydrogen (secondary N) is 1. The topological polar surface area (TPSA) is 54.5 Å². The molecule has 148 valence electrons. The number of rotatable bonds is 6. The summed E-state index contributed by atoms with van der Waals surface area (Å²) in [6, 6.07) is 18.3. The number of hydrogen-bond acceptors (Lipinski definition) is 4. The Balaban J connectivity index is 1.41. The van der Waals surface area contributed by atoms with Gasteiger partial charge in [-0.05, 0) is 54.7 Å². The molecule has 0 atom stereocenters. The number of hydrogen-bond donors (Lipinski definition) is 1. The number of anilines is 2. The fourth-order valence-electron chi connectivity index (χ4n) is 3.72. The van der Waals surface area contributed by atoms with Gasteiger partial charge in [0.15, 0.2) is 0 Å². The largest absolute Gasteiger partial charge is 0.497 e. The Labute approximate surface area is 171 Å². The van der Waals surface area contributed by atoms with Crippen LogP contribution in [0.2, 0.25) is 0 Å². The van der Waals surface area contributed by atoms with Gasteiger partial charge in [0.2, 0.25) is 0 Å². The van der Waals surface area contributed by atoms with E-state index in [2.05, 4.69) is 39.5 Å². The van der Waals surface area contributed by atoms with Crippen LogP contribution in [0.5, 0.6) is 5.75 Å². The summed E-state index contributed by atoms with van der Waals surface area (Å²) in [6.07, 6.45) is 6.40. The summed E-state index contributed by atoms with van der Waals surface area (Å²) < 4.78 is 5.17. The van der Waals surface area contributed by atoms with E-state index in [9.17, 15) is 4.79 Å². The van der Waals surface area contributed by atoms with Gasteiger partial charge in [0.1, 0.15) is 5.75 Å². The molecule has 0 spiro atoms. The van der Waals surface area contributed by atoms with Crippen LogP contribution in [-0.4, -0.2) is 31.1 Å². The van der Waals surface area contributed by atoms with E-state index in [1.807, 2.05) is 36.5 Å². The number of aromatic nitrogens is 1. The quantitative estimate of drug-likeness (QED) is 0.690. The highest BCUT2D eigenvalue weighted by molar-refractivity contribution is 5.95. The van der Waals surface area contributed by atoms with E-state index in [1.165, 1.54) is 11.3 Å². The number of benzene rings is 2. The third-order valence-electron chi connectivity index (χ3n) is 5.27. The van der Waals surface area contributed by atoms with Gasteiger partial charge in [-0.2, -0.15) is 0 Å². The van der Waals surface area contributed by atoms with Crippen molar-refractivity contribution in [3.05, 3.63) is 83.7 Å². The van der Waals surface area contributed by atoms with Crippen LogP contribution in [0.3, 0.4) is 0 Å².